The molecule has 9 rings (SSSR count). The third kappa shape index (κ3) is 3.75. The minimum Gasteiger partial charge on any atom is -0.308 e. The Morgan fingerprint density at radius 1 is 0.364 bits per heavy atom. The molecule has 2 nitrogen and oxygen atoms in total. The minimum absolute atomic E-state index is 1.12. The third-order valence-electron chi connectivity index (χ3n) is 8.93. The molecule has 1 aromatic heterocycles. The monoisotopic (exact) mass is 560 g/mol. The Morgan fingerprint density at radius 2 is 0.977 bits per heavy atom. The zero-order valence-electron chi connectivity index (χ0n) is 24.1. The number of anilines is 3. The van der Waals surface area contributed by atoms with Gasteiger partial charge in [-0.05, 0) is 80.8 Å². The lowest BCUT2D eigenvalue weighted by Gasteiger charge is -2.27. The molecular weight excluding hydrogens is 532 g/mol. The summed E-state index contributed by atoms with van der Waals surface area (Å²) in [5.74, 6) is 0. The fourth-order valence-electron chi connectivity index (χ4n) is 6.98. The SMILES string of the molecule is c1ccc(N(c2ccc3ccc4c5ccccc5ccc4c3c2)c2cccc3c4ccccc4n(-c4ccccc4)c23)cc1. The summed E-state index contributed by atoms with van der Waals surface area (Å²) in [6.45, 7) is 0. The van der Waals surface area contributed by atoms with E-state index in [1.165, 1.54) is 54.1 Å². The van der Waals surface area contributed by atoms with Gasteiger partial charge in [0.05, 0.1) is 16.7 Å². The molecule has 0 amide bonds. The van der Waals surface area contributed by atoms with Gasteiger partial charge in [-0.25, -0.2) is 0 Å². The van der Waals surface area contributed by atoms with Crippen molar-refractivity contribution < 1.29 is 0 Å². The largest absolute Gasteiger partial charge is 0.308 e. The maximum absolute atomic E-state index is 2.42. The quantitative estimate of drug-likeness (QED) is 0.194. The van der Waals surface area contributed by atoms with Crippen LogP contribution in [-0.2, 0) is 0 Å². The average Bonchev–Trinajstić information content (AvgIpc) is 3.44. The molecule has 0 aliphatic heterocycles. The number of nitrogens with zero attached hydrogens (tertiary/aromatic N) is 2. The summed E-state index contributed by atoms with van der Waals surface area (Å²) in [6, 6.07) is 61.5. The number of rotatable bonds is 4. The molecule has 0 saturated heterocycles. The summed E-state index contributed by atoms with van der Waals surface area (Å²) in [5, 5.41) is 10.1. The van der Waals surface area contributed by atoms with E-state index in [2.05, 4.69) is 179 Å². The van der Waals surface area contributed by atoms with Crippen LogP contribution < -0.4 is 4.90 Å². The fraction of sp³-hybridized carbons (Fsp3) is 0. The maximum Gasteiger partial charge on any atom is 0.0782 e. The Balaban J connectivity index is 1.37. The highest BCUT2D eigenvalue weighted by Crippen LogP contribution is 2.44. The molecule has 0 spiro atoms. The van der Waals surface area contributed by atoms with E-state index in [1.54, 1.807) is 0 Å². The summed E-state index contributed by atoms with van der Waals surface area (Å²) >= 11 is 0. The molecule has 0 unspecified atom stereocenters. The van der Waals surface area contributed by atoms with E-state index in [9.17, 15) is 0 Å². The number of hydrogen-bond acceptors (Lipinski definition) is 1. The Labute approximate surface area is 255 Å². The van der Waals surface area contributed by atoms with Crippen molar-refractivity contribution >= 4 is 71.2 Å². The summed E-state index contributed by atoms with van der Waals surface area (Å²) < 4.78 is 2.42. The van der Waals surface area contributed by atoms with Crippen molar-refractivity contribution in [2.45, 2.75) is 0 Å². The van der Waals surface area contributed by atoms with Crippen LogP contribution in [0, 0.1) is 0 Å². The number of aromatic nitrogens is 1. The van der Waals surface area contributed by atoms with Crippen LogP contribution in [0.4, 0.5) is 17.1 Å². The summed E-state index contributed by atoms with van der Waals surface area (Å²) in [7, 11) is 0. The highest BCUT2D eigenvalue weighted by Gasteiger charge is 2.21. The van der Waals surface area contributed by atoms with Crippen molar-refractivity contribution in [3.05, 3.63) is 170 Å². The van der Waals surface area contributed by atoms with Crippen LogP contribution in [0.1, 0.15) is 0 Å². The van der Waals surface area contributed by atoms with Gasteiger partial charge in [-0.1, -0.05) is 121 Å². The molecule has 0 fully saturated rings. The molecule has 0 aliphatic carbocycles. The van der Waals surface area contributed by atoms with Crippen LogP contribution >= 0.6 is 0 Å². The van der Waals surface area contributed by atoms with E-state index >= 15 is 0 Å². The Bertz CT molecular complexity index is 2490. The molecule has 0 N–H and O–H groups in total. The molecule has 0 atom stereocenters. The molecule has 0 bridgehead atoms. The van der Waals surface area contributed by atoms with Crippen molar-refractivity contribution in [1.29, 1.82) is 0 Å². The van der Waals surface area contributed by atoms with E-state index in [-0.39, 0.29) is 0 Å². The van der Waals surface area contributed by atoms with Gasteiger partial charge in [-0.2, -0.15) is 0 Å². The number of benzene rings is 8. The van der Waals surface area contributed by atoms with E-state index in [1.807, 2.05) is 0 Å². The second kappa shape index (κ2) is 9.86. The molecular formula is C42H28N2. The normalized spacial score (nSPS) is 11.6. The van der Waals surface area contributed by atoms with Crippen molar-refractivity contribution in [3.8, 4) is 5.69 Å². The molecule has 0 saturated carbocycles. The standard InChI is InChI=1S/C42H28N2/c1-3-13-31(14-4-1)43(33-25-22-30-24-26-35-34-17-8-7-12-29(34)23-27-36(35)39(30)28-33)41-21-11-19-38-37-18-9-10-20-40(37)44(42(38)41)32-15-5-2-6-16-32/h1-28H. The zero-order chi connectivity index (χ0) is 29.0. The Morgan fingerprint density at radius 3 is 1.80 bits per heavy atom. The highest BCUT2D eigenvalue weighted by molar-refractivity contribution is 6.18. The fourth-order valence-corrected chi connectivity index (χ4v) is 6.98. The van der Waals surface area contributed by atoms with Crippen molar-refractivity contribution in [2.24, 2.45) is 0 Å². The van der Waals surface area contributed by atoms with Gasteiger partial charge in [0.2, 0.25) is 0 Å². The first-order valence-corrected chi connectivity index (χ1v) is 15.1. The number of para-hydroxylation sites is 4. The smallest absolute Gasteiger partial charge is 0.0782 e. The first kappa shape index (κ1) is 24.7. The summed E-state index contributed by atoms with van der Waals surface area (Å²) in [6.07, 6.45) is 0. The van der Waals surface area contributed by atoms with Crippen molar-refractivity contribution in [1.82, 2.24) is 4.57 Å². The van der Waals surface area contributed by atoms with Gasteiger partial charge in [-0.3, -0.25) is 0 Å². The third-order valence-corrected chi connectivity index (χ3v) is 8.93. The van der Waals surface area contributed by atoms with Crippen LogP contribution in [0.3, 0.4) is 0 Å². The summed E-state index contributed by atoms with van der Waals surface area (Å²) in [5.41, 5.74) is 6.92. The van der Waals surface area contributed by atoms with Gasteiger partial charge in [0.25, 0.3) is 0 Å². The highest BCUT2D eigenvalue weighted by atomic mass is 15.2. The van der Waals surface area contributed by atoms with Gasteiger partial charge in [0.15, 0.2) is 0 Å². The van der Waals surface area contributed by atoms with Crippen molar-refractivity contribution in [2.75, 3.05) is 4.90 Å². The lowest BCUT2D eigenvalue weighted by Crippen LogP contribution is -2.11. The van der Waals surface area contributed by atoms with Crippen molar-refractivity contribution in [3.63, 3.8) is 0 Å². The predicted octanol–water partition coefficient (Wildman–Crippen LogP) is 11.7. The van der Waals surface area contributed by atoms with E-state index in [0.29, 0.717) is 0 Å². The lowest BCUT2D eigenvalue weighted by atomic mass is 9.96. The topological polar surface area (TPSA) is 8.17 Å². The van der Waals surface area contributed by atoms with E-state index in [4.69, 9.17) is 0 Å². The molecule has 8 aromatic carbocycles. The number of hydrogen-bond donors (Lipinski definition) is 0. The molecule has 9 aromatic rings. The predicted molar refractivity (Wildman–Crippen MR) is 188 cm³/mol. The number of fused-ring (bicyclic) bond motifs is 8. The molecule has 0 radical (unpaired) electrons. The molecule has 206 valence electrons. The first-order chi connectivity index (χ1) is 21.8. The second-order valence-corrected chi connectivity index (χ2v) is 11.4. The molecule has 2 heteroatoms. The molecule has 44 heavy (non-hydrogen) atoms. The van der Waals surface area contributed by atoms with Crippen LogP contribution in [-0.4, -0.2) is 4.57 Å². The van der Waals surface area contributed by atoms with Crippen LogP contribution in [0.25, 0.3) is 59.8 Å². The second-order valence-electron chi connectivity index (χ2n) is 11.4. The summed E-state index contributed by atoms with van der Waals surface area (Å²) in [4.78, 5) is 2.42. The average molecular weight is 561 g/mol. The Hall–Kier alpha value is -5.86. The first-order valence-electron chi connectivity index (χ1n) is 15.1. The van der Waals surface area contributed by atoms with E-state index in [0.717, 1.165) is 22.7 Å². The van der Waals surface area contributed by atoms with Gasteiger partial charge < -0.3 is 9.47 Å². The molecule has 0 aliphatic rings. The minimum atomic E-state index is 1.12. The van der Waals surface area contributed by atoms with Crippen LogP contribution in [0.2, 0.25) is 0 Å². The van der Waals surface area contributed by atoms with Gasteiger partial charge in [-0.15, -0.1) is 0 Å². The van der Waals surface area contributed by atoms with Gasteiger partial charge >= 0.3 is 0 Å². The maximum atomic E-state index is 2.42. The van der Waals surface area contributed by atoms with Crippen LogP contribution in [0.5, 0.6) is 0 Å². The van der Waals surface area contributed by atoms with E-state index < -0.39 is 0 Å². The van der Waals surface area contributed by atoms with Gasteiger partial charge in [0.1, 0.15) is 0 Å². The van der Waals surface area contributed by atoms with Gasteiger partial charge in [0, 0.05) is 27.8 Å². The zero-order valence-corrected chi connectivity index (χ0v) is 24.1. The molecule has 1 heterocycles. The Kier molecular flexibility index (Phi) is 5.54. The van der Waals surface area contributed by atoms with Crippen LogP contribution in [0.15, 0.2) is 170 Å². The lowest BCUT2D eigenvalue weighted by molar-refractivity contribution is 1.17.